The molecule has 7 nitrogen and oxygen atoms in total. The van der Waals surface area contributed by atoms with Crippen molar-refractivity contribution in [3.8, 4) is 28.6 Å². The lowest BCUT2D eigenvalue weighted by Crippen LogP contribution is -2.17. The highest BCUT2D eigenvalue weighted by Gasteiger charge is 2.15. The van der Waals surface area contributed by atoms with Gasteiger partial charge >= 0.3 is 0 Å². The number of pyridine rings is 1. The van der Waals surface area contributed by atoms with Crippen LogP contribution in [0.25, 0.3) is 22.6 Å². The third-order valence-electron chi connectivity index (χ3n) is 4.83. The van der Waals surface area contributed by atoms with Crippen LogP contribution in [0.2, 0.25) is 5.02 Å². The molecule has 1 N–H and O–H groups in total. The van der Waals surface area contributed by atoms with E-state index in [9.17, 15) is 8.60 Å². The summed E-state index contributed by atoms with van der Waals surface area (Å²) >= 11 is 6.04. The molecule has 2 heterocycles. The van der Waals surface area contributed by atoms with Gasteiger partial charge in [-0.2, -0.15) is 0 Å². The number of hydrogen-bond acceptors (Lipinski definition) is 6. The quantitative estimate of drug-likeness (QED) is 0.327. The average molecular weight is 504 g/mol. The smallest absolute Gasteiger partial charge is 0.178 e. The summed E-state index contributed by atoms with van der Waals surface area (Å²) in [6.07, 6.45) is 2.73. The molecule has 0 spiro atoms. The number of ether oxygens (including phenoxy) is 3. The number of nitrogens with zero attached hydrogens (tertiary/aromatic N) is 2. The van der Waals surface area contributed by atoms with E-state index in [2.05, 4.69) is 20.8 Å². The Labute approximate surface area is 201 Å². The lowest BCUT2D eigenvalue weighted by Gasteiger charge is -2.16. The number of halogens is 2. The number of aromatic nitrogens is 3. The topological polar surface area (TPSA) is 86.3 Å². The van der Waals surface area contributed by atoms with E-state index in [1.54, 1.807) is 31.4 Å². The van der Waals surface area contributed by atoms with Crippen LogP contribution < -0.4 is 9.47 Å². The van der Waals surface area contributed by atoms with Gasteiger partial charge in [0, 0.05) is 36.1 Å². The van der Waals surface area contributed by atoms with Gasteiger partial charge < -0.3 is 19.2 Å². The molecule has 0 aliphatic rings. The lowest BCUT2D eigenvalue weighted by molar-refractivity contribution is 0.0920. The van der Waals surface area contributed by atoms with Crippen molar-refractivity contribution in [2.45, 2.75) is 17.9 Å². The molecule has 4 aromatic rings. The molecule has 34 heavy (non-hydrogen) atoms. The second-order valence-corrected chi connectivity index (χ2v) is 10.8. The largest absolute Gasteiger partial charge is 0.488 e. The molecule has 0 bridgehead atoms. The fourth-order valence-corrected chi connectivity index (χ4v) is 4.17. The van der Waals surface area contributed by atoms with Crippen molar-refractivity contribution in [3.05, 3.63) is 59.5 Å². The van der Waals surface area contributed by atoms with Crippen LogP contribution in [0, 0.1) is 5.82 Å². The molecule has 0 aliphatic heterocycles. The van der Waals surface area contributed by atoms with E-state index in [4.69, 9.17) is 25.8 Å². The molecule has 0 saturated carbocycles. The van der Waals surface area contributed by atoms with Crippen LogP contribution in [-0.2, 0) is 14.3 Å². The number of fused-ring (bicyclic) bond motifs is 1. The van der Waals surface area contributed by atoms with Crippen molar-refractivity contribution in [1.82, 2.24) is 15.0 Å². The molecule has 178 valence electrons. The Kier molecular flexibility index (Phi) is 6.79. The van der Waals surface area contributed by atoms with E-state index < -0.39 is 15.3 Å². The van der Waals surface area contributed by atoms with Crippen LogP contribution in [0.15, 0.2) is 53.6 Å². The van der Waals surface area contributed by atoms with E-state index in [0.29, 0.717) is 50.6 Å². The van der Waals surface area contributed by atoms with Crippen molar-refractivity contribution in [2.24, 2.45) is 0 Å². The van der Waals surface area contributed by atoms with Crippen LogP contribution in [0.5, 0.6) is 17.2 Å². The van der Waals surface area contributed by atoms with Gasteiger partial charge in [-0.1, -0.05) is 11.6 Å². The van der Waals surface area contributed by atoms with Crippen LogP contribution in [0.1, 0.15) is 6.92 Å². The van der Waals surface area contributed by atoms with Gasteiger partial charge in [-0.05, 0) is 58.7 Å². The number of H-pyrrole nitrogens is 1. The van der Waals surface area contributed by atoms with Crippen molar-refractivity contribution in [3.63, 3.8) is 0 Å². The summed E-state index contributed by atoms with van der Waals surface area (Å²) in [6.45, 7) is 2.24. The Hall–Kier alpha value is -3.14. The molecule has 0 amide bonds. The SMILES string of the molecule is C=S(C)(=O)c1ccc(Oc2cc(OC(C)COC)cc(-c3nc4ncc(Cl)cc4[nH]3)c2)c(F)c1. The van der Waals surface area contributed by atoms with E-state index in [1.807, 2.05) is 6.92 Å². The number of imidazole rings is 1. The summed E-state index contributed by atoms with van der Waals surface area (Å²) in [5.74, 6) is 4.22. The molecule has 0 aliphatic carbocycles. The van der Waals surface area contributed by atoms with Crippen LogP contribution in [0.4, 0.5) is 4.39 Å². The molecule has 10 heteroatoms. The maximum atomic E-state index is 14.7. The normalized spacial score (nSPS) is 14.0. The van der Waals surface area contributed by atoms with Crippen LogP contribution in [0.3, 0.4) is 0 Å². The van der Waals surface area contributed by atoms with Gasteiger partial charge in [-0.15, -0.1) is 0 Å². The van der Waals surface area contributed by atoms with Crippen molar-refractivity contribution >= 4 is 38.2 Å². The van der Waals surface area contributed by atoms with E-state index in [1.165, 1.54) is 30.7 Å². The number of methoxy groups -OCH3 is 1. The van der Waals surface area contributed by atoms with Gasteiger partial charge in [0.25, 0.3) is 0 Å². The number of nitrogens with one attached hydrogen (secondary N) is 1. The Morgan fingerprint density at radius 3 is 2.68 bits per heavy atom. The Morgan fingerprint density at radius 2 is 1.97 bits per heavy atom. The maximum Gasteiger partial charge on any atom is 0.178 e. The van der Waals surface area contributed by atoms with Crippen LogP contribution >= 0.6 is 11.6 Å². The molecule has 4 rings (SSSR count). The molecular formula is C24H23ClFN3O4S. The molecule has 2 aromatic heterocycles. The highest BCUT2D eigenvalue weighted by molar-refractivity contribution is 7.99. The Morgan fingerprint density at radius 1 is 1.21 bits per heavy atom. The van der Waals surface area contributed by atoms with Gasteiger partial charge in [0.1, 0.15) is 23.4 Å². The minimum Gasteiger partial charge on any atom is -0.488 e. The minimum absolute atomic E-state index is 0.0292. The predicted octanol–water partition coefficient (Wildman–Crippen LogP) is 5.33. The Balaban J connectivity index is 1.74. The fraction of sp³-hybridized carbons (Fsp3) is 0.208. The van der Waals surface area contributed by atoms with E-state index in [0.717, 1.165) is 0 Å². The van der Waals surface area contributed by atoms with Crippen molar-refractivity contribution < 1.29 is 22.8 Å². The summed E-state index contributed by atoms with van der Waals surface area (Å²) in [7, 11) is -0.967. The second kappa shape index (κ2) is 9.61. The summed E-state index contributed by atoms with van der Waals surface area (Å²) in [5.41, 5.74) is 1.80. The number of rotatable bonds is 8. The zero-order chi connectivity index (χ0) is 24.5. The molecule has 2 aromatic carbocycles. The monoisotopic (exact) mass is 503 g/mol. The first-order chi connectivity index (χ1) is 16.1. The van der Waals surface area contributed by atoms with Crippen molar-refractivity contribution in [1.29, 1.82) is 0 Å². The standard InChI is InChI=1S/C24H23ClFN3O4S/c1-14(13-31-2)32-17-7-15(23-28-21-9-16(25)12-27-24(21)29-23)8-18(10-17)33-22-6-5-19(11-20(22)26)34(3,4)30/h5-12,14H,3,13H2,1-2,4H3,(H,27,28,29). The minimum atomic E-state index is -2.55. The van der Waals surface area contributed by atoms with Gasteiger partial charge in [0.15, 0.2) is 17.2 Å². The number of benzene rings is 2. The zero-order valence-electron chi connectivity index (χ0n) is 18.8. The summed E-state index contributed by atoms with van der Waals surface area (Å²) in [6, 6.07) is 11.0. The average Bonchev–Trinajstić information content (AvgIpc) is 3.18. The molecule has 0 radical (unpaired) electrons. The zero-order valence-corrected chi connectivity index (χ0v) is 20.4. The highest BCUT2D eigenvalue weighted by Crippen LogP contribution is 2.34. The molecule has 2 atom stereocenters. The molecule has 0 saturated heterocycles. The summed E-state index contributed by atoms with van der Waals surface area (Å²) in [5, 5.41) is 0.481. The molecule has 2 unspecified atom stereocenters. The third-order valence-corrected chi connectivity index (χ3v) is 6.28. The highest BCUT2D eigenvalue weighted by atomic mass is 35.5. The number of aromatic amines is 1. The maximum absolute atomic E-state index is 14.7. The van der Waals surface area contributed by atoms with Crippen molar-refractivity contribution in [2.75, 3.05) is 20.0 Å². The van der Waals surface area contributed by atoms with Gasteiger partial charge in [0.2, 0.25) is 0 Å². The predicted molar refractivity (Wildman–Crippen MR) is 132 cm³/mol. The van der Waals surface area contributed by atoms with Gasteiger partial charge in [0.05, 0.1) is 17.1 Å². The fourth-order valence-electron chi connectivity index (χ4n) is 3.31. The first kappa shape index (κ1) is 24.0. The summed E-state index contributed by atoms with van der Waals surface area (Å²) < 4.78 is 43.8. The van der Waals surface area contributed by atoms with Gasteiger partial charge in [-0.25, -0.2) is 14.4 Å². The van der Waals surface area contributed by atoms with Gasteiger partial charge in [-0.3, -0.25) is 4.21 Å². The number of hydrogen-bond donors (Lipinski definition) is 1. The third kappa shape index (κ3) is 5.49. The van der Waals surface area contributed by atoms with E-state index in [-0.39, 0.29) is 11.9 Å². The molecular weight excluding hydrogens is 481 g/mol. The van der Waals surface area contributed by atoms with Crippen LogP contribution in [-0.4, -0.2) is 51.1 Å². The lowest BCUT2D eigenvalue weighted by atomic mass is 10.2. The van der Waals surface area contributed by atoms with E-state index >= 15 is 0 Å². The first-order valence-corrected chi connectivity index (χ1v) is 12.8. The molecule has 0 fully saturated rings. The first-order valence-electron chi connectivity index (χ1n) is 10.2. The second-order valence-electron chi connectivity index (χ2n) is 7.89. The Bertz CT molecular complexity index is 1460. The summed E-state index contributed by atoms with van der Waals surface area (Å²) in [4.78, 5) is 12.2.